The number of nitrogens with zero attached hydrogens (tertiary/aromatic N) is 4. The Morgan fingerprint density at radius 3 is 2.31 bits per heavy atom. The molecular weight excluding hydrogens is 490 g/mol. The summed E-state index contributed by atoms with van der Waals surface area (Å²) in [6, 6.07) is 25.4. The average molecular weight is 516 g/mol. The Balaban J connectivity index is 1.26. The van der Waals surface area contributed by atoms with Crippen LogP contribution in [0, 0.1) is 6.92 Å². The van der Waals surface area contributed by atoms with Crippen molar-refractivity contribution in [1.29, 1.82) is 0 Å². The van der Waals surface area contributed by atoms with Crippen LogP contribution < -0.4 is 19.5 Å². The van der Waals surface area contributed by atoms with Crippen LogP contribution in [0.15, 0.2) is 91.3 Å². The van der Waals surface area contributed by atoms with E-state index in [-0.39, 0.29) is 0 Å². The van der Waals surface area contributed by atoms with Gasteiger partial charge in [-0.15, -0.1) is 10.2 Å². The molecular formula is C31H25N5O3. The van der Waals surface area contributed by atoms with E-state index in [1.54, 1.807) is 32.7 Å². The van der Waals surface area contributed by atoms with E-state index in [1.165, 1.54) is 0 Å². The zero-order valence-corrected chi connectivity index (χ0v) is 21.7. The van der Waals surface area contributed by atoms with Gasteiger partial charge in [0.25, 0.3) is 0 Å². The Morgan fingerprint density at radius 2 is 1.54 bits per heavy atom. The highest BCUT2D eigenvalue weighted by molar-refractivity contribution is 6.01. The Morgan fingerprint density at radius 1 is 0.718 bits per heavy atom. The van der Waals surface area contributed by atoms with Gasteiger partial charge in [0.15, 0.2) is 11.6 Å². The number of rotatable bonds is 7. The fraction of sp³-hybridized carbons (Fsp3) is 0.0968. The van der Waals surface area contributed by atoms with Crippen molar-refractivity contribution in [2.45, 2.75) is 6.92 Å². The molecule has 3 aromatic carbocycles. The molecule has 8 heteroatoms. The van der Waals surface area contributed by atoms with Gasteiger partial charge >= 0.3 is 0 Å². The number of fused-ring (bicyclic) bond motifs is 2. The van der Waals surface area contributed by atoms with Gasteiger partial charge in [0.1, 0.15) is 28.5 Å². The van der Waals surface area contributed by atoms with Crippen molar-refractivity contribution in [2.75, 3.05) is 19.5 Å². The quantitative estimate of drug-likeness (QED) is 0.241. The zero-order chi connectivity index (χ0) is 26.8. The topological polar surface area (TPSA) is 91.3 Å². The standard InChI is InChI=1S/C31H25N5O3/c1-19-16-20(8-13-27(19)38-3)29-24-6-4-5-7-25(24)31(36-35-29)34-21-9-11-22(12-10-21)39-28-14-15-32-26-17-23(37-2)18-33-30(26)28/h4-18H,1-3H3,(H,34,36). The van der Waals surface area contributed by atoms with Crippen LogP contribution in [0.25, 0.3) is 33.1 Å². The van der Waals surface area contributed by atoms with Crippen LogP contribution in [0.4, 0.5) is 11.5 Å². The highest BCUT2D eigenvalue weighted by Gasteiger charge is 2.13. The molecule has 0 saturated carbocycles. The van der Waals surface area contributed by atoms with E-state index in [0.29, 0.717) is 34.1 Å². The van der Waals surface area contributed by atoms with E-state index in [4.69, 9.17) is 14.2 Å². The van der Waals surface area contributed by atoms with Crippen molar-refractivity contribution < 1.29 is 14.2 Å². The summed E-state index contributed by atoms with van der Waals surface area (Å²) < 4.78 is 16.8. The molecule has 1 N–H and O–H groups in total. The molecule has 6 aromatic rings. The summed E-state index contributed by atoms with van der Waals surface area (Å²) in [5, 5.41) is 14.5. The number of ether oxygens (including phenoxy) is 3. The molecule has 0 aliphatic heterocycles. The van der Waals surface area contributed by atoms with Crippen molar-refractivity contribution in [2.24, 2.45) is 0 Å². The molecule has 0 bridgehead atoms. The van der Waals surface area contributed by atoms with E-state index >= 15 is 0 Å². The first-order valence-electron chi connectivity index (χ1n) is 12.4. The molecule has 39 heavy (non-hydrogen) atoms. The summed E-state index contributed by atoms with van der Waals surface area (Å²) in [7, 11) is 3.27. The van der Waals surface area contributed by atoms with Crippen molar-refractivity contribution in [3.8, 4) is 34.3 Å². The third-order valence-corrected chi connectivity index (χ3v) is 6.45. The molecule has 0 atom stereocenters. The number of aromatic nitrogens is 4. The molecule has 0 aliphatic carbocycles. The van der Waals surface area contributed by atoms with Crippen LogP contribution in [0.5, 0.6) is 23.0 Å². The van der Waals surface area contributed by atoms with E-state index in [2.05, 4.69) is 37.6 Å². The summed E-state index contributed by atoms with van der Waals surface area (Å²) in [6.07, 6.45) is 3.34. The van der Waals surface area contributed by atoms with Gasteiger partial charge in [-0.25, -0.2) is 4.98 Å². The predicted molar refractivity (Wildman–Crippen MR) is 152 cm³/mol. The summed E-state index contributed by atoms with van der Waals surface area (Å²) in [5.41, 5.74) is 5.07. The maximum Gasteiger partial charge on any atom is 0.161 e. The van der Waals surface area contributed by atoms with Crippen molar-refractivity contribution in [1.82, 2.24) is 20.2 Å². The maximum absolute atomic E-state index is 6.12. The molecule has 0 radical (unpaired) electrons. The molecule has 8 nitrogen and oxygen atoms in total. The van der Waals surface area contributed by atoms with Gasteiger partial charge in [-0.1, -0.05) is 24.3 Å². The third-order valence-electron chi connectivity index (χ3n) is 6.45. The largest absolute Gasteiger partial charge is 0.496 e. The maximum atomic E-state index is 6.12. The minimum Gasteiger partial charge on any atom is -0.496 e. The highest BCUT2D eigenvalue weighted by Crippen LogP contribution is 2.34. The first kappa shape index (κ1) is 24.1. The summed E-state index contributed by atoms with van der Waals surface area (Å²) in [4.78, 5) is 8.81. The van der Waals surface area contributed by atoms with Gasteiger partial charge in [0.2, 0.25) is 0 Å². The molecule has 0 aliphatic rings. The molecule has 6 rings (SSSR count). The summed E-state index contributed by atoms with van der Waals surface area (Å²) in [5.74, 6) is 3.45. The van der Waals surface area contributed by atoms with E-state index in [0.717, 1.165) is 39.0 Å². The Hall–Kier alpha value is -5.24. The SMILES string of the molecule is COc1cnc2c(Oc3ccc(Nc4nnc(-c5ccc(OC)c(C)c5)c5ccccc45)cc3)ccnc2c1. The second kappa shape index (κ2) is 10.3. The van der Waals surface area contributed by atoms with Crippen molar-refractivity contribution >= 4 is 33.3 Å². The first-order valence-corrected chi connectivity index (χ1v) is 12.4. The van der Waals surface area contributed by atoms with Crippen LogP contribution in [-0.2, 0) is 0 Å². The van der Waals surface area contributed by atoms with Gasteiger partial charge in [-0.3, -0.25) is 4.98 Å². The number of anilines is 2. The molecule has 0 saturated heterocycles. The van der Waals surface area contributed by atoms with Gasteiger partial charge in [-0.2, -0.15) is 0 Å². The molecule has 0 fully saturated rings. The molecule has 3 heterocycles. The lowest BCUT2D eigenvalue weighted by atomic mass is 10.0. The van der Waals surface area contributed by atoms with Crippen LogP contribution >= 0.6 is 0 Å². The lowest BCUT2D eigenvalue weighted by Crippen LogP contribution is -1.99. The summed E-state index contributed by atoms with van der Waals surface area (Å²) in [6.45, 7) is 2.02. The van der Waals surface area contributed by atoms with E-state index < -0.39 is 0 Å². The second-order valence-corrected chi connectivity index (χ2v) is 8.93. The number of benzene rings is 3. The fourth-order valence-corrected chi connectivity index (χ4v) is 4.49. The zero-order valence-electron chi connectivity index (χ0n) is 21.7. The lowest BCUT2D eigenvalue weighted by molar-refractivity contribution is 0.412. The number of aryl methyl sites for hydroxylation is 1. The molecule has 0 unspecified atom stereocenters. The smallest absolute Gasteiger partial charge is 0.161 e. The van der Waals surface area contributed by atoms with Crippen LogP contribution in [0.3, 0.4) is 0 Å². The number of hydrogen-bond acceptors (Lipinski definition) is 8. The van der Waals surface area contributed by atoms with Crippen molar-refractivity contribution in [3.63, 3.8) is 0 Å². The van der Waals surface area contributed by atoms with Crippen LogP contribution in [0.1, 0.15) is 5.56 Å². The van der Waals surface area contributed by atoms with E-state index in [1.807, 2.05) is 67.6 Å². The number of pyridine rings is 2. The Labute approximate surface area is 225 Å². The number of nitrogens with one attached hydrogen (secondary N) is 1. The van der Waals surface area contributed by atoms with Gasteiger partial charge < -0.3 is 19.5 Å². The Kier molecular flexibility index (Phi) is 6.34. The van der Waals surface area contributed by atoms with Crippen LogP contribution in [-0.4, -0.2) is 34.4 Å². The normalized spacial score (nSPS) is 10.9. The van der Waals surface area contributed by atoms with E-state index in [9.17, 15) is 0 Å². The number of hydrogen-bond donors (Lipinski definition) is 1. The van der Waals surface area contributed by atoms with Gasteiger partial charge in [-0.05, 0) is 55.0 Å². The molecule has 0 amide bonds. The molecule has 192 valence electrons. The lowest BCUT2D eigenvalue weighted by Gasteiger charge is -2.13. The fourth-order valence-electron chi connectivity index (χ4n) is 4.49. The van der Waals surface area contributed by atoms with Crippen molar-refractivity contribution in [3.05, 3.63) is 96.8 Å². The first-order chi connectivity index (χ1) is 19.1. The van der Waals surface area contributed by atoms with Crippen LogP contribution in [0.2, 0.25) is 0 Å². The molecule has 0 spiro atoms. The number of methoxy groups -OCH3 is 2. The average Bonchev–Trinajstić information content (AvgIpc) is 2.98. The van der Waals surface area contributed by atoms with Gasteiger partial charge in [0.05, 0.1) is 25.9 Å². The highest BCUT2D eigenvalue weighted by atomic mass is 16.5. The molecule has 3 aromatic heterocycles. The minimum absolute atomic E-state index is 0.615. The third kappa shape index (κ3) is 4.75. The minimum atomic E-state index is 0.615. The van der Waals surface area contributed by atoms with Gasteiger partial charge in [0, 0.05) is 40.4 Å². The predicted octanol–water partition coefficient (Wildman–Crippen LogP) is 7.10. The Bertz CT molecular complexity index is 1810. The monoisotopic (exact) mass is 515 g/mol. The summed E-state index contributed by atoms with van der Waals surface area (Å²) >= 11 is 0. The second-order valence-electron chi connectivity index (χ2n) is 8.93.